The zero-order valence-electron chi connectivity index (χ0n) is 10.0. The van der Waals surface area contributed by atoms with Crippen LogP contribution in [0.1, 0.15) is 45.8 Å². The number of aromatic nitrogens is 3. The van der Waals surface area contributed by atoms with Gasteiger partial charge in [-0.3, -0.25) is 0 Å². The molecule has 2 rings (SSSR count). The third-order valence-electron chi connectivity index (χ3n) is 3.78. The Hall–Kier alpha value is -0.900. The van der Waals surface area contributed by atoms with Crippen molar-refractivity contribution in [1.82, 2.24) is 14.8 Å². The Bertz CT molecular complexity index is 370. The topological polar surface area (TPSA) is 56.7 Å². The van der Waals surface area contributed by atoms with Gasteiger partial charge in [0.2, 0.25) is 0 Å². The molecule has 1 aliphatic rings. The maximum absolute atomic E-state index is 6.22. The molecular weight excluding hydrogens is 188 g/mol. The lowest BCUT2D eigenvalue weighted by atomic mass is 9.74. The summed E-state index contributed by atoms with van der Waals surface area (Å²) in [6.07, 6.45) is 2.23. The maximum atomic E-state index is 6.22. The van der Waals surface area contributed by atoms with Gasteiger partial charge in [0.15, 0.2) is 0 Å². The number of aryl methyl sites for hydroxylation is 1. The van der Waals surface area contributed by atoms with Crippen LogP contribution in [0.25, 0.3) is 0 Å². The highest BCUT2D eigenvalue weighted by atomic mass is 15.3. The van der Waals surface area contributed by atoms with Crippen LogP contribution in [0.4, 0.5) is 0 Å². The van der Waals surface area contributed by atoms with Gasteiger partial charge in [-0.25, -0.2) is 0 Å². The summed E-state index contributed by atoms with van der Waals surface area (Å²) in [7, 11) is 0. The van der Waals surface area contributed by atoms with E-state index in [0.717, 1.165) is 24.6 Å². The van der Waals surface area contributed by atoms with Crippen molar-refractivity contribution < 1.29 is 0 Å². The van der Waals surface area contributed by atoms with Gasteiger partial charge in [0, 0.05) is 23.9 Å². The number of nitrogens with two attached hydrogens (primary N) is 1. The van der Waals surface area contributed by atoms with Crippen LogP contribution in [0.5, 0.6) is 0 Å². The van der Waals surface area contributed by atoms with Crippen LogP contribution in [0.3, 0.4) is 0 Å². The van der Waals surface area contributed by atoms with E-state index >= 15 is 0 Å². The van der Waals surface area contributed by atoms with Crippen LogP contribution in [0.2, 0.25) is 0 Å². The summed E-state index contributed by atoms with van der Waals surface area (Å²) in [5.74, 6) is 2.14. The summed E-state index contributed by atoms with van der Waals surface area (Å²) in [5, 5.41) is 8.54. The molecule has 84 valence electrons. The Morgan fingerprint density at radius 2 is 1.87 bits per heavy atom. The largest absolute Gasteiger partial charge is 0.325 e. The fraction of sp³-hybridized carbons (Fsp3) is 0.818. The molecule has 4 nitrogen and oxygen atoms in total. The molecule has 0 spiro atoms. The van der Waals surface area contributed by atoms with Crippen LogP contribution in [-0.2, 0) is 18.4 Å². The average Bonchev–Trinajstić information content (AvgIpc) is 2.58. The van der Waals surface area contributed by atoms with E-state index in [4.69, 9.17) is 5.73 Å². The van der Waals surface area contributed by atoms with Gasteiger partial charge in [-0.2, -0.15) is 0 Å². The van der Waals surface area contributed by atoms with E-state index in [0.29, 0.717) is 0 Å². The van der Waals surface area contributed by atoms with Gasteiger partial charge >= 0.3 is 0 Å². The Morgan fingerprint density at radius 1 is 1.20 bits per heavy atom. The summed E-state index contributed by atoms with van der Waals surface area (Å²) >= 11 is 0. The van der Waals surface area contributed by atoms with E-state index in [9.17, 15) is 0 Å². The first-order valence-electron chi connectivity index (χ1n) is 5.55. The summed E-state index contributed by atoms with van der Waals surface area (Å²) in [5.41, 5.74) is 5.77. The minimum absolute atomic E-state index is 0.150. The van der Waals surface area contributed by atoms with E-state index in [1.165, 1.54) is 6.42 Å². The van der Waals surface area contributed by atoms with Crippen molar-refractivity contribution >= 4 is 0 Å². The molecule has 0 radical (unpaired) electrons. The summed E-state index contributed by atoms with van der Waals surface area (Å²) in [6.45, 7) is 9.41. The van der Waals surface area contributed by atoms with Gasteiger partial charge in [0.05, 0.1) is 0 Å². The fourth-order valence-electron chi connectivity index (χ4n) is 1.90. The predicted molar refractivity (Wildman–Crippen MR) is 59.6 cm³/mol. The molecule has 4 heteroatoms. The second-order valence-electron chi connectivity index (χ2n) is 5.54. The molecule has 15 heavy (non-hydrogen) atoms. The van der Waals surface area contributed by atoms with Crippen LogP contribution >= 0.6 is 0 Å². The smallest absolute Gasteiger partial charge is 0.140 e. The van der Waals surface area contributed by atoms with Crippen molar-refractivity contribution in [3.05, 3.63) is 11.6 Å². The highest BCUT2D eigenvalue weighted by Gasteiger charge is 2.40. The molecule has 0 unspecified atom stereocenters. The van der Waals surface area contributed by atoms with Gasteiger partial charge in [0.1, 0.15) is 11.6 Å². The van der Waals surface area contributed by atoms with Crippen molar-refractivity contribution in [3.63, 3.8) is 0 Å². The van der Waals surface area contributed by atoms with Crippen molar-refractivity contribution in [2.24, 2.45) is 5.73 Å². The standard InChI is InChI=1S/C11H20N4/c1-10(2,11(3,4)12)9-14-13-8-6-5-7-15(8)9/h5-7,12H2,1-4H3. The van der Waals surface area contributed by atoms with Crippen LogP contribution < -0.4 is 5.73 Å². The van der Waals surface area contributed by atoms with Gasteiger partial charge in [-0.05, 0) is 20.3 Å². The minimum Gasteiger partial charge on any atom is -0.325 e. The maximum Gasteiger partial charge on any atom is 0.140 e. The molecule has 0 aromatic carbocycles. The third-order valence-corrected chi connectivity index (χ3v) is 3.78. The van der Waals surface area contributed by atoms with Gasteiger partial charge in [-0.15, -0.1) is 10.2 Å². The van der Waals surface area contributed by atoms with Gasteiger partial charge in [0.25, 0.3) is 0 Å². The van der Waals surface area contributed by atoms with Gasteiger partial charge < -0.3 is 10.3 Å². The molecule has 0 saturated carbocycles. The summed E-state index contributed by atoms with van der Waals surface area (Å²) in [4.78, 5) is 0. The fourth-order valence-corrected chi connectivity index (χ4v) is 1.90. The quantitative estimate of drug-likeness (QED) is 0.795. The van der Waals surface area contributed by atoms with E-state index in [2.05, 4.69) is 28.6 Å². The van der Waals surface area contributed by atoms with Crippen molar-refractivity contribution in [1.29, 1.82) is 0 Å². The van der Waals surface area contributed by atoms with E-state index in [1.807, 2.05) is 13.8 Å². The first-order chi connectivity index (χ1) is 6.84. The molecule has 2 N–H and O–H groups in total. The van der Waals surface area contributed by atoms with Crippen molar-refractivity contribution in [2.75, 3.05) is 0 Å². The van der Waals surface area contributed by atoms with E-state index in [1.54, 1.807) is 0 Å². The Morgan fingerprint density at radius 3 is 2.47 bits per heavy atom. The minimum atomic E-state index is -0.292. The first-order valence-corrected chi connectivity index (χ1v) is 5.55. The van der Waals surface area contributed by atoms with Crippen LogP contribution in [-0.4, -0.2) is 20.3 Å². The zero-order chi connectivity index (χ0) is 11.3. The summed E-state index contributed by atoms with van der Waals surface area (Å²) < 4.78 is 2.23. The number of hydrogen-bond acceptors (Lipinski definition) is 3. The molecule has 0 fully saturated rings. The number of hydrogen-bond donors (Lipinski definition) is 1. The molecule has 0 amide bonds. The Kier molecular flexibility index (Phi) is 2.15. The normalized spacial score (nSPS) is 16.9. The second kappa shape index (κ2) is 3.04. The van der Waals surface area contributed by atoms with Crippen molar-refractivity contribution in [3.8, 4) is 0 Å². The molecule has 0 aliphatic carbocycles. The van der Waals surface area contributed by atoms with Gasteiger partial charge in [-0.1, -0.05) is 13.8 Å². The van der Waals surface area contributed by atoms with Crippen molar-refractivity contribution in [2.45, 2.75) is 58.0 Å². The monoisotopic (exact) mass is 208 g/mol. The SMILES string of the molecule is CC(C)(N)C(C)(C)c1nnc2n1CCC2. The summed E-state index contributed by atoms with van der Waals surface area (Å²) in [6, 6.07) is 0. The first kappa shape index (κ1) is 10.6. The average molecular weight is 208 g/mol. The number of nitrogens with zero attached hydrogens (tertiary/aromatic N) is 3. The number of rotatable bonds is 2. The third kappa shape index (κ3) is 1.47. The highest BCUT2D eigenvalue weighted by molar-refractivity contribution is 5.16. The lowest BCUT2D eigenvalue weighted by molar-refractivity contribution is 0.282. The molecule has 0 bridgehead atoms. The molecule has 1 aromatic rings. The molecule has 1 aromatic heterocycles. The number of fused-ring (bicyclic) bond motifs is 1. The Labute approximate surface area is 90.9 Å². The molecule has 0 saturated heterocycles. The second-order valence-corrected chi connectivity index (χ2v) is 5.54. The van der Waals surface area contributed by atoms with Crippen LogP contribution in [0.15, 0.2) is 0 Å². The lowest BCUT2D eigenvalue weighted by Crippen LogP contribution is -2.51. The molecule has 0 atom stereocenters. The zero-order valence-corrected chi connectivity index (χ0v) is 10.0. The molecule has 2 heterocycles. The highest BCUT2D eigenvalue weighted by Crippen LogP contribution is 2.33. The lowest BCUT2D eigenvalue weighted by Gasteiger charge is -2.37. The predicted octanol–water partition coefficient (Wildman–Crippen LogP) is 1.24. The van der Waals surface area contributed by atoms with E-state index in [-0.39, 0.29) is 11.0 Å². The molecule has 1 aliphatic heterocycles. The van der Waals surface area contributed by atoms with Crippen LogP contribution in [0, 0.1) is 0 Å². The molecular formula is C11H20N4. The Balaban J connectivity index is 2.46. The van der Waals surface area contributed by atoms with E-state index < -0.39 is 0 Å².